The van der Waals surface area contributed by atoms with Crippen molar-refractivity contribution in [3.05, 3.63) is 70.4 Å². The van der Waals surface area contributed by atoms with Gasteiger partial charge in [-0.2, -0.15) is 0 Å². The summed E-state index contributed by atoms with van der Waals surface area (Å²) in [7, 11) is 0. The molecular formula is C18H11NO3S. The molecular weight excluding hydrogens is 310 g/mol. The lowest BCUT2D eigenvalue weighted by atomic mass is 10.1. The molecule has 0 aliphatic heterocycles. The molecule has 0 radical (unpaired) electrons. The molecule has 2 aromatic heterocycles. The summed E-state index contributed by atoms with van der Waals surface area (Å²) < 4.78 is 5.32. The quantitative estimate of drug-likeness (QED) is 0.559. The number of phenolic OH excluding ortho intramolecular Hbond substituents is 1. The van der Waals surface area contributed by atoms with Gasteiger partial charge in [-0.25, -0.2) is 9.78 Å². The smallest absolute Gasteiger partial charge is 0.346 e. The van der Waals surface area contributed by atoms with Crippen molar-refractivity contribution in [2.75, 3.05) is 0 Å². The molecule has 4 aromatic rings. The minimum Gasteiger partial charge on any atom is -0.508 e. The number of aromatic nitrogens is 1. The lowest BCUT2D eigenvalue weighted by Gasteiger charge is -2.00. The highest BCUT2D eigenvalue weighted by Gasteiger charge is 2.13. The van der Waals surface area contributed by atoms with E-state index in [2.05, 4.69) is 4.98 Å². The highest BCUT2D eigenvalue weighted by Crippen LogP contribution is 2.29. The van der Waals surface area contributed by atoms with Crippen LogP contribution in [0, 0.1) is 0 Å². The average Bonchev–Trinajstić information content (AvgIpc) is 3.05. The summed E-state index contributed by atoms with van der Waals surface area (Å²) in [5.74, 6) is 0.126. The Morgan fingerprint density at radius 2 is 1.87 bits per heavy atom. The predicted molar refractivity (Wildman–Crippen MR) is 90.7 cm³/mol. The van der Waals surface area contributed by atoms with E-state index < -0.39 is 5.63 Å². The van der Waals surface area contributed by atoms with Crippen LogP contribution >= 0.6 is 11.3 Å². The molecule has 0 amide bonds. The molecule has 0 unspecified atom stereocenters. The van der Waals surface area contributed by atoms with E-state index in [4.69, 9.17) is 4.42 Å². The van der Waals surface area contributed by atoms with Crippen molar-refractivity contribution >= 4 is 22.3 Å². The minimum atomic E-state index is -0.433. The topological polar surface area (TPSA) is 63.3 Å². The molecule has 0 bridgehead atoms. The Kier molecular flexibility index (Phi) is 3.20. The van der Waals surface area contributed by atoms with Crippen molar-refractivity contribution in [1.29, 1.82) is 0 Å². The van der Waals surface area contributed by atoms with Gasteiger partial charge in [-0.15, -0.1) is 11.3 Å². The molecule has 4 nitrogen and oxygen atoms in total. The minimum absolute atomic E-state index is 0.126. The van der Waals surface area contributed by atoms with E-state index >= 15 is 0 Å². The SMILES string of the molecule is O=c1oc2ccc(O)cc2cc1-c1nc(-c2ccccc2)cs1. The molecule has 0 spiro atoms. The van der Waals surface area contributed by atoms with Gasteiger partial charge in [0.1, 0.15) is 16.3 Å². The molecule has 4 rings (SSSR count). The molecule has 0 atom stereocenters. The van der Waals surface area contributed by atoms with Gasteiger partial charge in [-0.1, -0.05) is 30.3 Å². The highest BCUT2D eigenvalue weighted by molar-refractivity contribution is 7.13. The van der Waals surface area contributed by atoms with Gasteiger partial charge in [0.25, 0.3) is 0 Å². The van der Waals surface area contributed by atoms with Crippen LogP contribution in [0.3, 0.4) is 0 Å². The van der Waals surface area contributed by atoms with E-state index in [-0.39, 0.29) is 5.75 Å². The zero-order valence-corrected chi connectivity index (χ0v) is 12.7. The molecule has 2 aromatic carbocycles. The summed E-state index contributed by atoms with van der Waals surface area (Å²) in [5.41, 5.74) is 2.22. The second kappa shape index (κ2) is 5.37. The first-order valence-corrected chi connectivity index (χ1v) is 7.87. The third-order valence-corrected chi connectivity index (χ3v) is 4.40. The maximum atomic E-state index is 12.2. The number of fused-ring (bicyclic) bond motifs is 1. The maximum absolute atomic E-state index is 12.2. The highest BCUT2D eigenvalue weighted by atomic mass is 32.1. The summed E-state index contributed by atoms with van der Waals surface area (Å²) >= 11 is 1.39. The van der Waals surface area contributed by atoms with Crippen LogP contribution in [0.4, 0.5) is 0 Å². The number of rotatable bonds is 2. The van der Waals surface area contributed by atoms with Gasteiger partial charge in [0.15, 0.2) is 0 Å². The van der Waals surface area contributed by atoms with Gasteiger partial charge < -0.3 is 9.52 Å². The fourth-order valence-electron chi connectivity index (χ4n) is 2.40. The van der Waals surface area contributed by atoms with E-state index in [1.165, 1.54) is 17.4 Å². The Morgan fingerprint density at radius 3 is 2.70 bits per heavy atom. The zero-order chi connectivity index (χ0) is 15.8. The first kappa shape index (κ1) is 13.7. The Bertz CT molecular complexity index is 1050. The van der Waals surface area contributed by atoms with Gasteiger partial charge >= 0.3 is 5.63 Å². The number of hydrogen-bond acceptors (Lipinski definition) is 5. The van der Waals surface area contributed by atoms with Gasteiger partial charge in [0, 0.05) is 16.3 Å². The van der Waals surface area contributed by atoms with Crippen LogP contribution in [-0.2, 0) is 0 Å². The fourth-order valence-corrected chi connectivity index (χ4v) is 3.23. The number of hydrogen-bond donors (Lipinski definition) is 1. The van der Waals surface area contributed by atoms with Gasteiger partial charge in [-0.3, -0.25) is 0 Å². The third-order valence-electron chi connectivity index (χ3n) is 3.52. The van der Waals surface area contributed by atoms with Gasteiger partial charge in [-0.05, 0) is 24.3 Å². The normalized spacial score (nSPS) is 11.0. The van der Waals surface area contributed by atoms with E-state index in [0.717, 1.165) is 11.3 Å². The molecule has 1 N–H and O–H groups in total. The Labute approximate surface area is 135 Å². The number of thiazole rings is 1. The first-order chi connectivity index (χ1) is 11.2. The summed E-state index contributed by atoms with van der Waals surface area (Å²) in [6, 6.07) is 16.1. The van der Waals surface area contributed by atoms with Crippen molar-refractivity contribution in [1.82, 2.24) is 4.98 Å². The second-order valence-electron chi connectivity index (χ2n) is 5.07. The fraction of sp³-hybridized carbons (Fsp3) is 0. The van der Waals surface area contributed by atoms with E-state index in [9.17, 15) is 9.90 Å². The molecule has 0 saturated carbocycles. The number of nitrogens with zero attached hydrogens (tertiary/aromatic N) is 1. The molecule has 23 heavy (non-hydrogen) atoms. The summed E-state index contributed by atoms with van der Waals surface area (Å²) in [4.78, 5) is 16.7. The summed E-state index contributed by atoms with van der Waals surface area (Å²) in [6.07, 6.45) is 0. The first-order valence-electron chi connectivity index (χ1n) is 6.99. The number of aromatic hydroxyl groups is 1. The van der Waals surface area contributed by atoms with Crippen molar-refractivity contribution < 1.29 is 9.52 Å². The molecule has 0 aliphatic carbocycles. The third kappa shape index (κ3) is 2.51. The monoisotopic (exact) mass is 321 g/mol. The Balaban J connectivity index is 1.85. The summed E-state index contributed by atoms with van der Waals surface area (Å²) in [5, 5.41) is 12.8. The van der Waals surface area contributed by atoms with Gasteiger partial charge in [0.2, 0.25) is 0 Å². The molecule has 5 heteroatoms. The van der Waals surface area contributed by atoms with Crippen molar-refractivity contribution in [2.24, 2.45) is 0 Å². The van der Waals surface area contributed by atoms with Crippen LogP contribution in [0.1, 0.15) is 0 Å². The molecule has 0 fully saturated rings. The van der Waals surface area contributed by atoms with E-state index in [1.54, 1.807) is 18.2 Å². The molecule has 0 aliphatic rings. The molecule has 0 saturated heterocycles. The van der Waals surface area contributed by atoms with Crippen LogP contribution in [0.2, 0.25) is 0 Å². The summed E-state index contributed by atoms with van der Waals surface area (Å²) in [6.45, 7) is 0. The van der Waals surface area contributed by atoms with Crippen LogP contribution in [-0.4, -0.2) is 10.1 Å². The van der Waals surface area contributed by atoms with Crippen LogP contribution in [0.15, 0.2) is 69.2 Å². The van der Waals surface area contributed by atoms with Crippen molar-refractivity contribution in [2.45, 2.75) is 0 Å². The molecule has 2 heterocycles. The van der Waals surface area contributed by atoms with Crippen molar-refractivity contribution in [3.8, 4) is 27.6 Å². The van der Waals surface area contributed by atoms with Crippen LogP contribution < -0.4 is 5.63 Å². The lowest BCUT2D eigenvalue weighted by molar-refractivity contribution is 0.475. The number of phenols is 1. The van der Waals surface area contributed by atoms with Gasteiger partial charge in [0.05, 0.1) is 11.3 Å². The van der Waals surface area contributed by atoms with Crippen molar-refractivity contribution in [3.63, 3.8) is 0 Å². The standard InChI is InChI=1S/C18H11NO3S/c20-13-6-7-16-12(8-13)9-14(18(21)22-16)17-19-15(10-23-17)11-4-2-1-3-5-11/h1-10,20H. The van der Waals surface area contributed by atoms with Crippen LogP contribution in [0.25, 0.3) is 32.8 Å². The maximum Gasteiger partial charge on any atom is 0.346 e. The molecule has 112 valence electrons. The number of benzene rings is 2. The van der Waals surface area contributed by atoms with E-state index in [1.807, 2.05) is 35.7 Å². The predicted octanol–water partition coefficient (Wildman–Crippen LogP) is 4.29. The zero-order valence-electron chi connectivity index (χ0n) is 11.9. The average molecular weight is 321 g/mol. The Hall–Kier alpha value is -2.92. The lowest BCUT2D eigenvalue weighted by Crippen LogP contribution is -2.02. The largest absolute Gasteiger partial charge is 0.508 e. The second-order valence-corrected chi connectivity index (χ2v) is 5.93. The Morgan fingerprint density at radius 1 is 1.04 bits per heavy atom. The van der Waals surface area contributed by atoms with Crippen LogP contribution in [0.5, 0.6) is 5.75 Å². The van der Waals surface area contributed by atoms with E-state index in [0.29, 0.717) is 21.5 Å².